The number of rotatable bonds is 1. The third-order valence-electron chi connectivity index (χ3n) is 0.868. The zero-order valence-electron chi connectivity index (χ0n) is 3.35. The largest absolute Gasteiger partial charge is 0.490 e. The minimum absolute atomic E-state index is 0.130. The molecule has 6 heavy (non-hydrogen) atoms. The number of allylic oxidation sites excluding steroid dienone is 2. The lowest BCUT2D eigenvalue weighted by Crippen LogP contribution is -2.03. The Morgan fingerprint density at radius 1 is 2.00 bits per heavy atom. The van der Waals surface area contributed by atoms with E-state index in [4.69, 9.17) is 0 Å². The van der Waals surface area contributed by atoms with Crippen LogP contribution in [0.2, 0.25) is 0 Å². The Labute approximate surface area is 36.7 Å². The number of carbonyl (C=O) groups is 1. The molecule has 1 heteroatoms. The molecule has 1 atom stereocenters. The highest BCUT2D eigenvalue weighted by Crippen LogP contribution is 2.10. The van der Waals surface area contributed by atoms with Crippen LogP contribution in [-0.2, 0) is 4.79 Å². The van der Waals surface area contributed by atoms with E-state index >= 15 is 0 Å². The molecule has 0 N–H and O–H groups in total. The van der Waals surface area contributed by atoms with Crippen LogP contribution in [0.3, 0.4) is 0 Å². The highest BCUT2D eigenvalue weighted by molar-refractivity contribution is 5.57. The molecule has 0 heterocycles. The minimum Gasteiger partial charge on any atom is -0.490 e. The Balaban J connectivity index is 2.39. The van der Waals surface area contributed by atoms with Gasteiger partial charge in [-0.3, -0.25) is 6.08 Å². The summed E-state index contributed by atoms with van der Waals surface area (Å²) < 4.78 is 0. The third-order valence-corrected chi connectivity index (χ3v) is 0.868. The molecular weight excluding hydrogens is 76.1 g/mol. The second-order valence-electron chi connectivity index (χ2n) is 1.35. The summed E-state index contributed by atoms with van der Waals surface area (Å²) in [6.07, 6.45) is 6.50. The molecule has 1 nitrogen and oxygen atoms in total. The van der Waals surface area contributed by atoms with Gasteiger partial charge in [-0.1, -0.05) is 6.42 Å². The van der Waals surface area contributed by atoms with Crippen molar-refractivity contribution in [2.45, 2.75) is 6.42 Å². The average Bonchev–Trinajstić information content (AvgIpc) is 1.31. The van der Waals surface area contributed by atoms with Crippen molar-refractivity contribution in [3.63, 3.8) is 0 Å². The number of aldehydes is 1. The molecule has 1 unspecified atom stereocenters. The van der Waals surface area contributed by atoms with Crippen molar-refractivity contribution in [3.8, 4) is 0 Å². The van der Waals surface area contributed by atoms with E-state index in [0.717, 1.165) is 12.7 Å². The molecular formula is C5H5O-. The van der Waals surface area contributed by atoms with E-state index in [-0.39, 0.29) is 5.92 Å². The second-order valence-corrected chi connectivity index (χ2v) is 1.35. The van der Waals surface area contributed by atoms with E-state index in [9.17, 15) is 4.79 Å². The van der Waals surface area contributed by atoms with E-state index < -0.39 is 0 Å². The highest BCUT2D eigenvalue weighted by atomic mass is 16.1. The molecule has 0 saturated carbocycles. The normalized spacial score (nSPS) is 29.0. The molecule has 1 rings (SSSR count). The first kappa shape index (κ1) is 3.59. The number of hydrogen-bond donors (Lipinski definition) is 0. The van der Waals surface area contributed by atoms with Gasteiger partial charge in [-0.2, -0.15) is 0 Å². The molecule has 0 bridgehead atoms. The van der Waals surface area contributed by atoms with Gasteiger partial charge >= 0.3 is 0 Å². The Morgan fingerprint density at radius 2 is 2.67 bits per heavy atom. The third kappa shape index (κ3) is 0.361. The van der Waals surface area contributed by atoms with Crippen molar-refractivity contribution in [2.75, 3.05) is 0 Å². The molecule has 0 aromatic heterocycles. The van der Waals surface area contributed by atoms with Crippen LogP contribution in [0.1, 0.15) is 6.42 Å². The van der Waals surface area contributed by atoms with Crippen LogP contribution in [0.15, 0.2) is 6.08 Å². The first-order chi connectivity index (χ1) is 2.93. The van der Waals surface area contributed by atoms with Crippen molar-refractivity contribution < 1.29 is 4.79 Å². The van der Waals surface area contributed by atoms with Gasteiger partial charge in [0, 0.05) is 0 Å². The van der Waals surface area contributed by atoms with Crippen LogP contribution in [0.4, 0.5) is 0 Å². The first-order valence-electron chi connectivity index (χ1n) is 1.96. The molecule has 1 aliphatic rings. The first-order valence-corrected chi connectivity index (χ1v) is 1.96. The molecule has 0 radical (unpaired) electrons. The number of carbonyl (C=O) groups excluding carboxylic acids is 1. The molecule has 0 saturated heterocycles. The van der Waals surface area contributed by atoms with Crippen LogP contribution in [0, 0.1) is 12.0 Å². The van der Waals surface area contributed by atoms with E-state index in [1.54, 1.807) is 0 Å². The molecule has 0 fully saturated rings. The van der Waals surface area contributed by atoms with Gasteiger partial charge in [0.1, 0.15) is 0 Å². The molecule has 0 aromatic carbocycles. The zero-order chi connectivity index (χ0) is 4.41. The summed E-state index contributed by atoms with van der Waals surface area (Å²) in [6, 6.07) is 0. The monoisotopic (exact) mass is 81.0 g/mol. The topological polar surface area (TPSA) is 17.1 Å². The smallest absolute Gasteiger partial charge is 0.0939 e. The lowest BCUT2D eigenvalue weighted by atomic mass is 9.98. The summed E-state index contributed by atoms with van der Waals surface area (Å²) in [5.74, 6) is 0.130. The van der Waals surface area contributed by atoms with Crippen molar-refractivity contribution >= 4 is 6.29 Å². The predicted molar refractivity (Wildman–Crippen MR) is 22.0 cm³/mol. The Bertz CT molecular complexity index is 83.9. The molecule has 32 valence electrons. The van der Waals surface area contributed by atoms with E-state index in [2.05, 4.69) is 6.08 Å². The van der Waals surface area contributed by atoms with E-state index in [1.165, 1.54) is 0 Å². The summed E-state index contributed by atoms with van der Waals surface area (Å²) >= 11 is 0. The van der Waals surface area contributed by atoms with Crippen molar-refractivity contribution in [3.05, 3.63) is 12.2 Å². The van der Waals surface area contributed by atoms with Gasteiger partial charge in [-0.15, -0.1) is 5.92 Å². The summed E-state index contributed by atoms with van der Waals surface area (Å²) in [4.78, 5) is 9.70. The fourth-order valence-electron chi connectivity index (χ4n) is 0.349. The standard InChI is InChI=1S/C5H5O/c6-4-5-2-1-3-5/h1,4-5H,2H2/q-1. The van der Waals surface area contributed by atoms with Crippen molar-refractivity contribution in [1.29, 1.82) is 0 Å². The van der Waals surface area contributed by atoms with Gasteiger partial charge in [0.15, 0.2) is 0 Å². The zero-order valence-corrected chi connectivity index (χ0v) is 3.35. The number of hydrogen-bond acceptors (Lipinski definition) is 1. The maximum absolute atomic E-state index is 9.70. The van der Waals surface area contributed by atoms with Crippen molar-refractivity contribution in [2.24, 2.45) is 5.92 Å². The molecule has 1 aliphatic carbocycles. The Kier molecular flexibility index (Phi) is 0.748. The van der Waals surface area contributed by atoms with Gasteiger partial charge in [0.05, 0.1) is 6.29 Å². The lowest BCUT2D eigenvalue weighted by molar-refractivity contribution is -0.110. The fourth-order valence-corrected chi connectivity index (χ4v) is 0.349. The van der Waals surface area contributed by atoms with Crippen LogP contribution >= 0.6 is 0 Å². The van der Waals surface area contributed by atoms with E-state index in [0.29, 0.717) is 0 Å². The van der Waals surface area contributed by atoms with E-state index in [1.807, 2.05) is 6.08 Å². The van der Waals surface area contributed by atoms with Gasteiger partial charge < -0.3 is 10.9 Å². The maximum Gasteiger partial charge on any atom is 0.0939 e. The van der Waals surface area contributed by atoms with Crippen LogP contribution in [-0.4, -0.2) is 6.29 Å². The van der Waals surface area contributed by atoms with Crippen LogP contribution in [0.25, 0.3) is 0 Å². The molecule has 0 amide bonds. The minimum atomic E-state index is 0.130. The van der Waals surface area contributed by atoms with Gasteiger partial charge in [0.25, 0.3) is 0 Å². The van der Waals surface area contributed by atoms with Gasteiger partial charge in [-0.25, -0.2) is 0 Å². The molecule has 0 aromatic rings. The second kappa shape index (κ2) is 1.25. The van der Waals surface area contributed by atoms with Gasteiger partial charge in [-0.05, 0) is 0 Å². The summed E-state index contributed by atoms with van der Waals surface area (Å²) in [5.41, 5.74) is 0. The quantitative estimate of drug-likeness (QED) is 0.333. The average molecular weight is 81.1 g/mol. The Hall–Kier alpha value is -0.590. The Morgan fingerprint density at radius 3 is 2.67 bits per heavy atom. The maximum atomic E-state index is 9.70. The van der Waals surface area contributed by atoms with Gasteiger partial charge in [0.2, 0.25) is 0 Å². The summed E-state index contributed by atoms with van der Waals surface area (Å²) in [6.45, 7) is 0. The van der Waals surface area contributed by atoms with Crippen LogP contribution in [0.5, 0.6) is 0 Å². The fraction of sp³-hybridized carbons (Fsp3) is 0.400. The van der Waals surface area contributed by atoms with Crippen molar-refractivity contribution in [1.82, 2.24) is 0 Å². The summed E-state index contributed by atoms with van der Waals surface area (Å²) in [5, 5.41) is 0. The highest BCUT2D eigenvalue weighted by Gasteiger charge is 1.89. The predicted octanol–water partition coefficient (Wildman–Crippen LogP) is 0.565. The lowest BCUT2D eigenvalue weighted by Gasteiger charge is -2.24. The van der Waals surface area contributed by atoms with Crippen LogP contribution < -0.4 is 0 Å². The molecule has 0 aliphatic heterocycles. The molecule has 0 spiro atoms. The SMILES string of the molecule is O=CC1[C-]=CC1. The summed E-state index contributed by atoms with van der Waals surface area (Å²) in [7, 11) is 0.